The van der Waals surface area contributed by atoms with Gasteiger partial charge in [-0.05, 0) is 0 Å². The van der Waals surface area contributed by atoms with E-state index in [-0.39, 0.29) is 0 Å². The van der Waals surface area contributed by atoms with Gasteiger partial charge in [0.1, 0.15) is 0 Å². The molecule has 0 aromatic rings. The maximum atomic E-state index is 12.2. The Hall–Kier alpha value is -0.125. The van der Waals surface area contributed by atoms with Gasteiger partial charge in [-0.25, -0.2) is 0 Å². The van der Waals surface area contributed by atoms with Gasteiger partial charge in [-0.1, -0.05) is 0 Å². The summed E-state index contributed by atoms with van der Waals surface area (Å²) in [5, 5.41) is 2.99. The van der Waals surface area contributed by atoms with E-state index in [0.717, 1.165) is 0 Å². The van der Waals surface area contributed by atoms with E-state index in [1.807, 2.05) is 0 Å². The van der Waals surface area contributed by atoms with Crippen LogP contribution in [-0.2, 0) is 9.31 Å². The van der Waals surface area contributed by atoms with Crippen molar-refractivity contribution >= 4 is 7.40 Å². The van der Waals surface area contributed by atoms with Crippen LogP contribution >= 0.6 is 0 Å². The van der Waals surface area contributed by atoms with E-state index in [1.165, 1.54) is 0 Å². The van der Waals surface area contributed by atoms with E-state index >= 15 is 0 Å². The highest BCUT2D eigenvalue weighted by Crippen LogP contribution is 1.91. The summed E-state index contributed by atoms with van der Waals surface area (Å²) in [7, 11) is -1.52. The number of hydrogen-bond acceptors (Lipinski definition) is 3. The first kappa shape index (κ1) is 6.99. The first-order chi connectivity index (χ1) is 4.39. The van der Waals surface area contributed by atoms with Crippen molar-refractivity contribution in [3.63, 3.8) is 0 Å². The molecule has 0 saturated carbocycles. The van der Waals surface area contributed by atoms with Crippen LogP contribution in [0, 0.1) is 0 Å². The monoisotopic (exact) mass is 133 g/mol. The lowest BCUT2D eigenvalue weighted by molar-refractivity contribution is 0.146. The zero-order valence-corrected chi connectivity index (χ0v) is 5.10. The Kier molecular flexibility index (Phi) is 2.96. The van der Waals surface area contributed by atoms with E-state index in [4.69, 9.17) is 0 Å². The molecule has 1 aliphatic heterocycles. The fourth-order valence-corrected chi connectivity index (χ4v) is 0.621. The zero-order chi connectivity index (χ0) is 6.53. The molecule has 1 fully saturated rings. The van der Waals surface area contributed by atoms with Crippen LogP contribution in [0.5, 0.6) is 0 Å². The summed E-state index contributed by atoms with van der Waals surface area (Å²) >= 11 is 0. The molecule has 0 aromatic heterocycles. The number of hydrogen-bond donors (Lipinski definition) is 1. The third kappa shape index (κ3) is 2.79. The number of nitrogens with one attached hydrogen (secondary N) is 1. The van der Waals surface area contributed by atoms with Crippen LogP contribution in [0.4, 0.5) is 4.32 Å². The van der Waals surface area contributed by atoms with Gasteiger partial charge in [-0.3, -0.25) is 4.32 Å². The predicted molar refractivity (Wildman–Crippen MR) is 31.6 cm³/mol. The average Bonchev–Trinajstić information content (AvgIpc) is 1.79. The molecular formula is C4H9BFNO2. The molecule has 0 bridgehead atoms. The second-order valence-electron chi connectivity index (χ2n) is 1.77. The molecule has 0 amide bonds. The summed E-state index contributed by atoms with van der Waals surface area (Å²) < 4.78 is 21.2. The van der Waals surface area contributed by atoms with Crippen molar-refractivity contribution in [3.05, 3.63) is 0 Å². The molecule has 1 saturated heterocycles. The summed E-state index contributed by atoms with van der Waals surface area (Å²) in [4.78, 5) is 0. The molecule has 0 radical (unpaired) electrons. The largest absolute Gasteiger partial charge is 0.680 e. The number of rotatable bonds is 0. The quantitative estimate of drug-likeness (QED) is 0.455. The minimum atomic E-state index is -1.52. The van der Waals surface area contributed by atoms with Gasteiger partial charge in [-0.15, -0.1) is 0 Å². The van der Waals surface area contributed by atoms with Crippen LogP contribution in [0.3, 0.4) is 0 Å². The van der Waals surface area contributed by atoms with Gasteiger partial charge in [0.15, 0.2) is 0 Å². The number of halogens is 1. The SMILES string of the molecule is FB1OCCNCCO1. The smallest absolute Gasteiger partial charge is 0.381 e. The third-order valence-corrected chi connectivity index (χ3v) is 1.06. The summed E-state index contributed by atoms with van der Waals surface area (Å²) in [5.74, 6) is 0. The molecule has 1 N–H and O–H groups in total. The third-order valence-electron chi connectivity index (χ3n) is 1.06. The lowest BCUT2D eigenvalue weighted by Crippen LogP contribution is -2.33. The summed E-state index contributed by atoms with van der Waals surface area (Å²) in [5.41, 5.74) is 0. The summed E-state index contributed by atoms with van der Waals surface area (Å²) in [6.07, 6.45) is 0. The minimum Gasteiger partial charge on any atom is -0.381 e. The van der Waals surface area contributed by atoms with Crippen LogP contribution in [-0.4, -0.2) is 33.7 Å². The van der Waals surface area contributed by atoms with Crippen LogP contribution < -0.4 is 5.32 Å². The Balaban J connectivity index is 2.12. The van der Waals surface area contributed by atoms with Crippen LogP contribution in [0.25, 0.3) is 0 Å². The molecule has 52 valence electrons. The maximum Gasteiger partial charge on any atom is 0.680 e. The molecule has 0 aromatic carbocycles. The molecule has 5 heteroatoms. The van der Waals surface area contributed by atoms with Crippen molar-refractivity contribution in [2.75, 3.05) is 26.3 Å². The van der Waals surface area contributed by atoms with Gasteiger partial charge < -0.3 is 14.6 Å². The fourth-order valence-electron chi connectivity index (χ4n) is 0.621. The normalized spacial score (nSPS) is 23.0. The molecule has 9 heavy (non-hydrogen) atoms. The van der Waals surface area contributed by atoms with Gasteiger partial charge in [0.05, 0.1) is 0 Å². The molecule has 3 nitrogen and oxygen atoms in total. The fraction of sp³-hybridized carbons (Fsp3) is 1.00. The van der Waals surface area contributed by atoms with Crippen molar-refractivity contribution in [3.8, 4) is 0 Å². The van der Waals surface area contributed by atoms with E-state index < -0.39 is 7.40 Å². The zero-order valence-electron chi connectivity index (χ0n) is 5.10. The highest BCUT2D eigenvalue weighted by Gasteiger charge is 2.18. The first-order valence-electron chi connectivity index (χ1n) is 2.97. The topological polar surface area (TPSA) is 30.5 Å². The minimum absolute atomic E-state index is 0.376. The van der Waals surface area contributed by atoms with Crippen molar-refractivity contribution in [1.29, 1.82) is 0 Å². The Bertz CT molecular complexity index is 77.0. The van der Waals surface area contributed by atoms with Gasteiger partial charge in [0, 0.05) is 26.3 Å². The van der Waals surface area contributed by atoms with Gasteiger partial charge in [0.2, 0.25) is 0 Å². The van der Waals surface area contributed by atoms with Gasteiger partial charge in [0.25, 0.3) is 0 Å². The van der Waals surface area contributed by atoms with Crippen LogP contribution in [0.15, 0.2) is 0 Å². The Morgan fingerprint density at radius 1 is 1.22 bits per heavy atom. The van der Waals surface area contributed by atoms with Crippen molar-refractivity contribution < 1.29 is 13.6 Å². The van der Waals surface area contributed by atoms with Crippen molar-refractivity contribution in [1.82, 2.24) is 5.32 Å². The average molecular weight is 133 g/mol. The summed E-state index contributed by atoms with van der Waals surface area (Å²) in [6, 6.07) is 0. The second-order valence-corrected chi connectivity index (χ2v) is 1.77. The summed E-state index contributed by atoms with van der Waals surface area (Å²) in [6.45, 7) is 2.15. The van der Waals surface area contributed by atoms with Crippen molar-refractivity contribution in [2.24, 2.45) is 0 Å². The second kappa shape index (κ2) is 3.82. The Morgan fingerprint density at radius 2 is 1.78 bits per heavy atom. The molecule has 1 aliphatic rings. The molecule has 0 unspecified atom stereocenters. The van der Waals surface area contributed by atoms with Gasteiger partial charge >= 0.3 is 7.40 Å². The van der Waals surface area contributed by atoms with Crippen molar-refractivity contribution in [2.45, 2.75) is 0 Å². The molecule has 1 heterocycles. The van der Waals surface area contributed by atoms with Crippen LogP contribution in [0.2, 0.25) is 0 Å². The molecule has 0 spiro atoms. The molecule has 0 aliphatic carbocycles. The Morgan fingerprint density at radius 3 is 2.33 bits per heavy atom. The highest BCUT2D eigenvalue weighted by atomic mass is 19.1. The standard InChI is InChI=1S/C4H9BFNO2/c6-5-8-3-1-7-2-4-9-5/h7H,1-4H2. The molecule has 0 atom stereocenters. The van der Waals surface area contributed by atoms with Gasteiger partial charge in [-0.2, -0.15) is 0 Å². The predicted octanol–water partition coefficient (Wildman–Crippen LogP) is -0.423. The van der Waals surface area contributed by atoms with E-state index in [2.05, 4.69) is 14.6 Å². The lowest BCUT2D eigenvalue weighted by Gasteiger charge is -2.11. The van der Waals surface area contributed by atoms with Crippen LogP contribution in [0.1, 0.15) is 0 Å². The maximum absolute atomic E-state index is 12.2. The Labute approximate surface area is 53.7 Å². The van der Waals surface area contributed by atoms with E-state index in [1.54, 1.807) is 0 Å². The molecule has 1 rings (SSSR count). The lowest BCUT2D eigenvalue weighted by atomic mass is 10.3. The molecular weight excluding hydrogens is 124 g/mol. The van der Waals surface area contributed by atoms with E-state index in [9.17, 15) is 4.32 Å². The van der Waals surface area contributed by atoms with E-state index in [0.29, 0.717) is 26.3 Å². The first-order valence-corrected chi connectivity index (χ1v) is 2.97. The highest BCUT2D eigenvalue weighted by molar-refractivity contribution is 6.35.